The Kier molecular flexibility index (Phi) is 5.69. The largest absolute Gasteiger partial charge is 0.465 e. The maximum Gasteiger partial charge on any atom is 0.337 e. The highest BCUT2D eigenvalue weighted by Crippen LogP contribution is 2.23. The lowest BCUT2D eigenvalue weighted by molar-refractivity contribution is 0.0600. The third kappa shape index (κ3) is 4.17. The second-order valence-corrected chi connectivity index (χ2v) is 8.31. The van der Waals surface area contributed by atoms with Crippen LogP contribution < -0.4 is 4.72 Å². The van der Waals surface area contributed by atoms with Gasteiger partial charge in [-0.3, -0.25) is 9.52 Å². The molecular weight excluding hydrogens is 380 g/mol. The molecule has 0 radical (unpaired) electrons. The molecule has 0 saturated carbocycles. The van der Waals surface area contributed by atoms with Crippen LogP contribution in [0, 0.1) is 6.92 Å². The fraction of sp³-hybridized carbons (Fsp3) is 0.300. The molecule has 0 bridgehead atoms. The molecule has 0 atom stereocenters. The standard InChI is InChI=1S/C20H22N2O5S/c1-14-8-9-16(20(24)27-2)13-18(14)28(25,26)21-17-7-5-6-15(12-17)19(23)22-10-3-4-11-22/h5-9,12-13,21H,3-4,10-11H2,1-2H3. The predicted octanol–water partition coefficient (Wildman–Crippen LogP) is 2.82. The van der Waals surface area contributed by atoms with Crippen molar-refractivity contribution in [1.29, 1.82) is 0 Å². The van der Waals surface area contributed by atoms with E-state index in [2.05, 4.69) is 9.46 Å². The number of rotatable bonds is 5. The van der Waals surface area contributed by atoms with E-state index in [1.165, 1.54) is 25.3 Å². The fourth-order valence-corrected chi connectivity index (χ4v) is 4.48. The number of nitrogens with zero attached hydrogens (tertiary/aromatic N) is 1. The van der Waals surface area contributed by atoms with Crippen LogP contribution in [-0.2, 0) is 14.8 Å². The lowest BCUT2D eigenvalue weighted by Gasteiger charge is -2.16. The number of nitrogens with one attached hydrogen (secondary N) is 1. The van der Waals surface area contributed by atoms with E-state index >= 15 is 0 Å². The van der Waals surface area contributed by atoms with Gasteiger partial charge < -0.3 is 9.64 Å². The summed E-state index contributed by atoms with van der Waals surface area (Å²) in [6.07, 6.45) is 1.96. The Labute approximate surface area is 164 Å². The molecule has 2 aromatic rings. The van der Waals surface area contributed by atoms with E-state index in [0.29, 0.717) is 24.2 Å². The lowest BCUT2D eigenvalue weighted by atomic mass is 10.1. The summed E-state index contributed by atoms with van der Waals surface area (Å²) in [6.45, 7) is 3.07. The smallest absolute Gasteiger partial charge is 0.337 e. The van der Waals surface area contributed by atoms with Gasteiger partial charge in [-0.15, -0.1) is 0 Å². The average Bonchev–Trinajstić information content (AvgIpc) is 3.21. The molecule has 1 aliphatic heterocycles. The van der Waals surface area contributed by atoms with Crippen LogP contribution in [0.3, 0.4) is 0 Å². The van der Waals surface area contributed by atoms with Crippen molar-refractivity contribution in [2.24, 2.45) is 0 Å². The van der Waals surface area contributed by atoms with Gasteiger partial charge in [-0.25, -0.2) is 13.2 Å². The van der Waals surface area contributed by atoms with Crippen LogP contribution in [0.15, 0.2) is 47.4 Å². The van der Waals surface area contributed by atoms with Gasteiger partial charge >= 0.3 is 5.97 Å². The first-order valence-electron chi connectivity index (χ1n) is 8.93. The number of methoxy groups -OCH3 is 1. The van der Waals surface area contributed by atoms with Crippen LogP contribution in [0.25, 0.3) is 0 Å². The maximum atomic E-state index is 12.9. The Balaban J connectivity index is 1.88. The van der Waals surface area contributed by atoms with Gasteiger partial charge in [0, 0.05) is 24.3 Å². The summed E-state index contributed by atoms with van der Waals surface area (Å²) in [6, 6.07) is 10.8. The minimum absolute atomic E-state index is 0.0216. The number of hydrogen-bond donors (Lipinski definition) is 1. The maximum absolute atomic E-state index is 12.9. The number of ether oxygens (including phenoxy) is 1. The molecule has 1 N–H and O–H groups in total. The van der Waals surface area contributed by atoms with Crippen LogP contribution in [0.2, 0.25) is 0 Å². The van der Waals surface area contributed by atoms with E-state index in [1.54, 1.807) is 36.1 Å². The van der Waals surface area contributed by atoms with Gasteiger partial charge in [-0.05, 0) is 55.7 Å². The molecule has 1 heterocycles. The Morgan fingerprint density at radius 2 is 1.75 bits per heavy atom. The number of carbonyl (C=O) groups excluding carboxylic acids is 2. The van der Waals surface area contributed by atoms with Crippen molar-refractivity contribution < 1.29 is 22.7 Å². The van der Waals surface area contributed by atoms with Crippen molar-refractivity contribution in [2.45, 2.75) is 24.7 Å². The Hall–Kier alpha value is -2.87. The minimum atomic E-state index is -3.95. The molecule has 1 aliphatic rings. The fourth-order valence-electron chi connectivity index (χ4n) is 3.16. The zero-order valence-corrected chi connectivity index (χ0v) is 16.6. The van der Waals surface area contributed by atoms with Gasteiger partial charge in [0.15, 0.2) is 0 Å². The molecule has 0 aliphatic carbocycles. The van der Waals surface area contributed by atoms with Gasteiger partial charge in [0.1, 0.15) is 0 Å². The molecule has 28 heavy (non-hydrogen) atoms. The van der Waals surface area contributed by atoms with Gasteiger partial charge in [0.05, 0.1) is 17.6 Å². The van der Waals surface area contributed by atoms with Crippen LogP contribution in [0.5, 0.6) is 0 Å². The molecule has 3 rings (SSSR count). The van der Waals surface area contributed by atoms with Crippen LogP contribution in [0.4, 0.5) is 5.69 Å². The number of carbonyl (C=O) groups is 2. The van der Waals surface area contributed by atoms with E-state index in [9.17, 15) is 18.0 Å². The summed E-state index contributed by atoms with van der Waals surface area (Å²) in [5.41, 5.74) is 1.35. The first-order chi connectivity index (χ1) is 13.3. The highest BCUT2D eigenvalue weighted by atomic mass is 32.2. The molecule has 148 valence electrons. The topological polar surface area (TPSA) is 92.8 Å². The first kappa shape index (κ1) is 19.9. The number of amides is 1. The van der Waals surface area contributed by atoms with Gasteiger partial charge in [0.25, 0.3) is 15.9 Å². The molecule has 8 heteroatoms. The van der Waals surface area contributed by atoms with Gasteiger partial charge in [-0.2, -0.15) is 0 Å². The summed E-state index contributed by atoms with van der Waals surface area (Å²) < 4.78 is 32.9. The van der Waals surface area contributed by atoms with E-state index < -0.39 is 16.0 Å². The van der Waals surface area contributed by atoms with Crippen molar-refractivity contribution in [1.82, 2.24) is 4.90 Å². The molecule has 0 unspecified atom stereocenters. The number of hydrogen-bond acceptors (Lipinski definition) is 5. The molecule has 1 fully saturated rings. The average molecular weight is 402 g/mol. The molecular formula is C20H22N2O5S. The van der Waals surface area contributed by atoms with E-state index in [1.807, 2.05) is 0 Å². The van der Waals surface area contributed by atoms with E-state index in [0.717, 1.165) is 12.8 Å². The molecule has 2 aromatic carbocycles. The summed E-state index contributed by atoms with van der Waals surface area (Å²) in [4.78, 5) is 26.0. The molecule has 0 spiro atoms. The van der Waals surface area contributed by atoms with Crippen molar-refractivity contribution in [3.8, 4) is 0 Å². The van der Waals surface area contributed by atoms with Crippen LogP contribution in [-0.4, -0.2) is 45.4 Å². The van der Waals surface area contributed by atoms with Crippen molar-refractivity contribution >= 4 is 27.6 Å². The second kappa shape index (κ2) is 8.02. The summed E-state index contributed by atoms with van der Waals surface area (Å²) in [5.74, 6) is -0.725. The zero-order chi connectivity index (χ0) is 20.3. The molecule has 1 saturated heterocycles. The summed E-state index contributed by atoms with van der Waals surface area (Å²) in [7, 11) is -2.72. The van der Waals surface area contributed by atoms with Gasteiger partial charge in [-0.1, -0.05) is 12.1 Å². The van der Waals surface area contributed by atoms with Gasteiger partial charge in [0.2, 0.25) is 0 Å². The SMILES string of the molecule is COC(=O)c1ccc(C)c(S(=O)(=O)Nc2cccc(C(=O)N3CCCC3)c2)c1. The van der Waals surface area contributed by atoms with Crippen molar-refractivity contribution in [3.63, 3.8) is 0 Å². The van der Waals surface area contributed by atoms with Crippen LogP contribution >= 0.6 is 0 Å². The highest BCUT2D eigenvalue weighted by molar-refractivity contribution is 7.92. The second-order valence-electron chi connectivity index (χ2n) is 6.66. The Bertz CT molecular complexity index is 1010. The van der Waals surface area contributed by atoms with Crippen molar-refractivity contribution in [2.75, 3.05) is 24.9 Å². The number of esters is 1. The van der Waals surface area contributed by atoms with Crippen LogP contribution in [0.1, 0.15) is 39.1 Å². The number of anilines is 1. The first-order valence-corrected chi connectivity index (χ1v) is 10.4. The molecule has 1 amide bonds. The number of likely N-dealkylation sites (tertiary alicyclic amines) is 1. The normalized spacial score (nSPS) is 14.0. The highest BCUT2D eigenvalue weighted by Gasteiger charge is 2.22. The van der Waals surface area contributed by atoms with E-state index in [4.69, 9.17) is 0 Å². The summed E-state index contributed by atoms with van der Waals surface area (Å²) in [5, 5.41) is 0. The monoisotopic (exact) mass is 402 g/mol. The third-order valence-electron chi connectivity index (χ3n) is 4.65. The van der Waals surface area contributed by atoms with Crippen molar-refractivity contribution in [3.05, 3.63) is 59.2 Å². The number of sulfonamides is 1. The minimum Gasteiger partial charge on any atom is -0.465 e. The quantitative estimate of drug-likeness (QED) is 0.777. The lowest BCUT2D eigenvalue weighted by Crippen LogP contribution is -2.27. The Morgan fingerprint density at radius 1 is 1.04 bits per heavy atom. The number of aryl methyl sites for hydroxylation is 1. The predicted molar refractivity (Wildman–Crippen MR) is 105 cm³/mol. The zero-order valence-electron chi connectivity index (χ0n) is 15.8. The Morgan fingerprint density at radius 3 is 2.43 bits per heavy atom. The summed E-state index contributed by atoms with van der Waals surface area (Å²) >= 11 is 0. The molecule has 0 aromatic heterocycles. The van der Waals surface area contributed by atoms with E-state index in [-0.39, 0.29) is 22.1 Å². The molecule has 7 nitrogen and oxygen atoms in total. The third-order valence-corrected chi connectivity index (χ3v) is 6.18. The number of benzene rings is 2.